The van der Waals surface area contributed by atoms with E-state index in [1.807, 2.05) is 12.2 Å². The molecular weight excluding hydrogens is 415 g/mol. The molecule has 1 heterocycles. The fraction of sp³-hybridized carbons (Fsp3) is 0.280. The van der Waals surface area contributed by atoms with Crippen LogP contribution in [0.1, 0.15) is 23.5 Å². The lowest BCUT2D eigenvalue weighted by molar-refractivity contribution is -0.00000646. The Morgan fingerprint density at radius 2 is 1.73 bits per heavy atom. The first-order valence-electron chi connectivity index (χ1n) is 9.86. The normalized spacial score (nSPS) is 16.6. The van der Waals surface area contributed by atoms with Gasteiger partial charge in [-0.1, -0.05) is 48.5 Å². The van der Waals surface area contributed by atoms with Gasteiger partial charge in [0.15, 0.2) is 5.57 Å². The summed E-state index contributed by atoms with van der Waals surface area (Å²) in [7, 11) is 6.31. The first-order chi connectivity index (χ1) is 13.7. The van der Waals surface area contributed by atoms with Gasteiger partial charge in [-0.15, -0.1) is 12.4 Å². The number of para-hydroxylation sites is 1. The van der Waals surface area contributed by atoms with Crippen LogP contribution >= 0.6 is 12.4 Å². The molecule has 1 aliphatic heterocycles. The third kappa shape index (κ3) is 4.71. The van der Waals surface area contributed by atoms with E-state index in [4.69, 9.17) is 4.74 Å². The Morgan fingerprint density at radius 1 is 1.03 bits per heavy atom. The molecule has 0 radical (unpaired) electrons. The minimum Gasteiger partial charge on any atom is -1.00 e. The zero-order valence-electron chi connectivity index (χ0n) is 17.6. The summed E-state index contributed by atoms with van der Waals surface area (Å²) in [5, 5.41) is 0. The summed E-state index contributed by atoms with van der Waals surface area (Å²) >= 11 is 0. The number of hydrogen-bond donors (Lipinski definition) is 0. The van der Waals surface area contributed by atoms with Gasteiger partial charge in [-0.3, -0.25) is 4.90 Å². The number of fused-ring (bicyclic) bond motifs is 2. The van der Waals surface area contributed by atoms with Gasteiger partial charge in [0.2, 0.25) is 5.70 Å². The van der Waals surface area contributed by atoms with E-state index in [0.29, 0.717) is 6.61 Å². The fourth-order valence-electron chi connectivity index (χ4n) is 4.04. The van der Waals surface area contributed by atoms with Crippen LogP contribution in [0.2, 0.25) is 0 Å². The van der Waals surface area contributed by atoms with Gasteiger partial charge in [0.05, 0.1) is 24.3 Å². The standard InChI is InChI=1S/C25H27N2O.2ClH/c1-26(2)17-10-18-28-23-16-9-14-21-24(19-11-5-4-6-12-19)20-13-7-8-15-22(20)27(3)25(21)23;;/h4-9,11-13,15-16,24H,10,17-18H2,1-3H3;2*1H/q+1;;/p-1. The van der Waals surface area contributed by atoms with E-state index in [2.05, 4.69) is 91.6 Å². The minimum atomic E-state index is 0. The molecule has 158 valence electrons. The van der Waals surface area contributed by atoms with Gasteiger partial charge in [0.25, 0.3) is 5.76 Å². The van der Waals surface area contributed by atoms with Gasteiger partial charge in [-0.05, 0) is 37.7 Å². The maximum Gasteiger partial charge on any atom is 0.258 e. The molecule has 3 nitrogen and oxygen atoms in total. The summed E-state index contributed by atoms with van der Waals surface area (Å²) in [5.41, 5.74) is 6.12. The maximum atomic E-state index is 6.24. The van der Waals surface area contributed by atoms with Crippen LogP contribution in [0.5, 0.6) is 0 Å². The first-order valence-corrected chi connectivity index (χ1v) is 9.86. The van der Waals surface area contributed by atoms with Crippen LogP contribution in [0.4, 0.5) is 5.69 Å². The zero-order valence-corrected chi connectivity index (χ0v) is 19.2. The van der Waals surface area contributed by atoms with Crippen molar-refractivity contribution in [2.24, 2.45) is 0 Å². The molecule has 1 unspecified atom stereocenters. The van der Waals surface area contributed by atoms with Gasteiger partial charge in [0, 0.05) is 19.7 Å². The van der Waals surface area contributed by atoms with E-state index in [9.17, 15) is 0 Å². The molecule has 0 aromatic heterocycles. The average Bonchev–Trinajstić information content (AvgIpc) is 2.72. The number of hydrogen-bond acceptors (Lipinski definition) is 3. The summed E-state index contributed by atoms with van der Waals surface area (Å²) in [6.45, 7) is 1.73. The molecule has 2 aromatic rings. The molecule has 5 heteroatoms. The average molecular weight is 443 g/mol. The van der Waals surface area contributed by atoms with Crippen molar-refractivity contribution >= 4 is 18.1 Å². The van der Waals surface area contributed by atoms with Crippen LogP contribution in [0, 0.1) is 6.08 Å². The van der Waals surface area contributed by atoms with Crippen molar-refractivity contribution in [3.63, 3.8) is 0 Å². The summed E-state index contributed by atoms with van der Waals surface area (Å²) in [4.78, 5) is 4.44. The molecule has 1 aliphatic carbocycles. The van der Waals surface area contributed by atoms with E-state index in [-0.39, 0.29) is 30.7 Å². The topological polar surface area (TPSA) is 15.7 Å². The Kier molecular flexibility index (Phi) is 8.52. The lowest BCUT2D eigenvalue weighted by atomic mass is 9.78. The second kappa shape index (κ2) is 10.7. The van der Waals surface area contributed by atoms with Crippen molar-refractivity contribution in [3.8, 4) is 0 Å². The number of halogens is 2. The van der Waals surface area contributed by atoms with Crippen molar-refractivity contribution in [2.75, 3.05) is 39.2 Å². The van der Waals surface area contributed by atoms with E-state index in [1.165, 1.54) is 22.4 Å². The number of rotatable bonds is 6. The molecule has 0 saturated heterocycles. The predicted octanol–water partition coefficient (Wildman–Crippen LogP) is 2.17. The number of likely N-dealkylation sites (N-methyl/N-ethyl adjacent to an activating group) is 1. The number of anilines is 1. The predicted molar refractivity (Wildman–Crippen MR) is 122 cm³/mol. The quantitative estimate of drug-likeness (QED) is 0.503. The van der Waals surface area contributed by atoms with Gasteiger partial charge in [-0.25, -0.2) is 0 Å². The number of allylic oxidation sites excluding steroid dienone is 4. The number of benzene rings is 2. The molecule has 0 saturated carbocycles. The van der Waals surface area contributed by atoms with Crippen LogP contribution in [0.25, 0.3) is 0 Å². The highest BCUT2D eigenvalue weighted by Crippen LogP contribution is 2.48. The van der Waals surface area contributed by atoms with Crippen LogP contribution in [0.15, 0.2) is 83.8 Å². The third-order valence-corrected chi connectivity index (χ3v) is 5.34. The van der Waals surface area contributed by atoms with Crippen LogP contribution in [-0.2, 0) is 4.74 Å². The Bertz CT molecular complexity index is 935. The zero-order chi connectivity index (χ0) is 19.5. The Morgan fingerprint density at radius 3 is 2.47 bits per heavy atom. The maximum absolute atomic E-state index is 6.24. The highest BCUT2D eigenvalue weighted by molar-refractivity contribution is 5.85. The molecular formula is C25H28Cl2N2O. The van der Waals surface area contributed by atoms with E-state index >= 15 is 0 Å². The van der Waals surface area contributed by atoms with Crippen LogP contribution < -0.4 is 17.3 Å². The molecule has 2 aliphatic rings. The first kappa shape index (κ1) is 24.0. The van der Waals surface area contributed by atoms with Crippen LogP contribution in [-0.4, -0.2) is 39.2 Å². The van der Waals surface area contributed by atoms with Gasteiger partial charge in [0.1, 0.15) is 6.08 Å². The Balaban J connectivity index is 0.00000160. The SMILES string of the molecule is CN(C)CCCOC1=C2C(=[C+]C=C1)C(c1ccccc1)c1ccccc1N2C.Cl.[Cl-]. The minimum absolute atomic E-state index is 0. The highest BCUT2D eigenvalue weighted by atomic mass is 35.5. The van der Waals surface area contributed by atoms with Crippen molar-refractivity contribution in [3.05, 3.63) is 101 Å². The molecule has 30 heavy (non-hydrogen) atoms. The van der Waals surface area contributed by atoms with Gasteiger partial charge < -0.3 is 22.0 Å². The third-order valence-electron chi connectivity index (χ3n) is 5.34. The molecule has 0 bridgehead atoms. The lowest BCUT2D eigenvalue weighted by Crippen LogP contribution is -3.00. The highest BCUT2D eigenvalue weighted by Gasteiger charge is 2.41. The monoisotopic (exact) mass is 442 g/mol. The largest absolute Gasteiger partial charge is 1.00 e. The van der Waals surface area contributed by atoms with Crippen molar-refractivity contribution in [1.82, 2.24) is 4.90 Å². The van der Waals surface area contributed by atoms with E-state index in [0.717, 1.165) is 24.4 Å². The van der Waals surface area contributed by atoms with E-state index in [1.54, 1.807) is 0 Å². The number of nitrogens with zero attached hydrogens (tertiary/aromatic N) is 2. The van der Waals surface area contributed by atoms with E-state index < -0.39 is 0 Å². The smallest absolute Gasteiger partial charge is 0.258 e. The van der Waals surface area contributed by atoms with Gasteiger partial charge in [-0.2, -0.15) is 0 Å². The van der Waals surface area contributed by atoms with Crippen molar-refractivity contribution in [2.45, 2.75) is 12.3 Å². The van der Waals surface area contributed by atoms with Crippen molar-refractivity contribution < 1.29 is 17.1 Å². The van der Waals surface area contributed by atoms with Crippen LogP contribution in [0.3, 0.4) is 0 Å². The van der Waals surface area contributed by atoms with Crippen molar-refractivity contribution in [1.29, 1.82) is 0 Å². The molecule has 0 amide bonds. The second-order valence-electron chi connectivity index (χ2n) is 7.57. The lowest BCUT2D eigenvalue weighted by Gasteiger charge is -2.33. The summed E-state index contributed by atoms with van der Waals surface area (Å²) in [6, 6.07) is 19.3. The Hall–Kier alpha value is -2.29. The summed E-state index contributed by atoms with van der Waals surface area (Å²) in [5.74, 6) is 1.10. The van der Waals surface area contributed by atoms with Gasteiger partial charge >= 0.3 is 0 Å². The Labute approximate surface area is 192 Å². The molecule has 0 spiro atoms. The molecule has 1 atom stereocenters. The summed E-state index contributed by atoms with van der Waals surface area (Å²) < 4.78 is 6.24. The number of ether oxygens (including phenoxy) is 1. The second-order valence-corrected chi connectivity index (χ2v) is 7.57. The molecule has 2 aromatic carbocycles. The molecule has 0 N–H and O–H groups in total. The summed E-state index contributed by atoms with van der Waals surface area (Å²) in [6.07, 6.45) is 8.57. The fourth-order valence-corrected chi connectivity index (χ4v) is 4.04. The molecule has 0 fully saturated rings. The molecule has 4 rings (SSSR count).